The number of thiophene rings is 1. The molecule has 100 valence electrons. The zero-order valence-corrected chi connectivity index (χ0v) is 11.7. The average molecular weight is 274 g/mol. The van der Waals surface area contributed by atoms with E-state index in [0.717, 1.165) is 31.3 Å². The fourth-order valence-corrected chi connectivity index (χ4v) is 3.00. The minimum absolute atomic E-state index is 0.661. The van der Waals surface area contributed by atoms with Crippen molar-refractivity contribution in [1.29, 1.82) is 0 Å². The van der Waals surface area contributed by atoms with Gasteiger partial charge >= 0.3 is 0 Å². The van der Waals surface area contributed by atoms with Gasteiger partial charge in [-0.1, -0.05) is 12.1 Å². The van der Waals surface area contributed by atoms with E-state index in [0.29, 0.717) is 5.92 Å². The molecule has 4 heteroatoms. The molecule has 2 aromatic heterocycles. The lowest BCUT2D eigenvalue weighted by atomic mass is 9.99. The molecule has 1 saturated heterocycles. The number of rotatable bonds is 4. The number of hydrogen-bond donors (Lipinski definition) is 1. The topological polar surface area (TPSA) is 34.1 Å². The Morgan fingerprint density at radius 3 is 2.89 bits per heavy atom. The van der Waals surface area contributed by atoms with Gasteiger partial charge < -0.3 is 10.1 Å². The molecule has 0 atom stereocenters. The summed E-state index contributed by atoms with van der Waals surface area (Å²) in [6.07, 6.45) is 2.40. The van der Waals surface area contributed by atoms with Crippen LogP contribution in [-0.4, -0.2) is 24.7 Å². The van der Waals surface area contributed by atoms with Crippen molar-refractivity contribution in [3.63, 3.8) is 0 Å². The first-order valence-corrected chi connectivity index (χ1v) is 7.64. The van der Waals surface area contributed by atoms with Crippen molar-refractivity contribution in [2.45, 2.75) is 12.8 Å². The molecule has 0 amide bonds. The summed E-state index contributed by atoms with van der Waals surface area (Å²) < 4.78 is 5.85. The van der Waals surface area contributed by atoms with Crippen molar-refractivity contribution in [1.82, 2.24) is 10.3 Å². The highest BCUT2D eigenvalue weighted by Crippen LogP contribution is 2.24. The number of ether oxygens (including phenoxy) is 1. The smallest absolute Gasteiger partial charge is 0.213 e. The van der Waals surface area contributed by atoms with Crippen LogP contribution < -0.4 is 10.1 Å². The Morgan fingerprint density at radius 1 is 1.21 bits per heavy atom. The second-order valence-electron chi connectivity index (χ2n) is 4.84. The minimum atomic E-state index is 0.661. The third-order valence-electron chi connectivity index (χ3n) is 3.42. The molecule has 3 nitrogen and oxygen atoms in total. The zero-order valence-electron chi connectivity index (χ0n) is 10.8. The summed E-state index contributed by atoms with van der Waals surface area (Å²) in [5, 5.41) is 5.44. The summed E-state index contributed by atoms with van der Waals surface area (Å²) in [4.78, 5) is 5.76. The predicted molar refractivity (Wildman–Crippen MR) is 78.6 cm³/mol. The summed E-state index contributed by atoms with van der Waals surface area (Å²) in [6.45, 7) is 3.00. The van der Waals surface area contributed by atoms with Crippen LogP contribution in [-0.2, 0) is 0 Å². The molecule has 1 aliphatic rings. The highest BCUT2D eigenvalue weighted by atomic mass is 32.1. The van der Waals surface area contributed by atoms with E-state index < -0.39 is 0 Å². The van der Waals surface area contributed by atoms with Crippen LogP contribution in [0.3, 0.4) is 0 Å². The molecule has 19 heavy (non-hydrogen) atoms. The number of nitrogens with zero attached hydrogens (tertiary/aromatic N) is 1. The number of hydrogen-bond acceptors (Lipinski definition) is 4. The second kappa shape index (κ2) is 6.17. The van der Waals surface area contributed by atoms with Crippen molar-refractivity contribution >= 4 is 11.3 Å². The Morgan fingerprint density at radius 2 is 2.11 bits per heavy atom. The van der Waals surface area contributed by atoms with Gasteiger partial charge in [-0.25, -0.2) is 4.98 Å². The van der Waals surface area contributed by atoms with E-state index >= 15 is 0 Å². The van der Waals surface area contributed by atoms with E-state index in [1.807, 2.05) is 24.3 Å². The number of nitrogens with one attached hydrogen (secondary N) is 1. The Hall–Kier alpha value is -1.39. The largest absolute Gasteiger partial charge is 0.477 e. The van der Waals surface area contributed by atoms with Crippen LogP contribution in [0.25, 0.3) is 10.6 Å². The van der Waals surface area contributed by atoms with Gasteiger partial charge in [0.1, 0.15) is 0 Å². The van der Waals surface area contributed by atoms with Crippen molar-refractivity contribution in [2.24, 2.45) is 5.92 Å². The van der Waals surface area contributed by atoms with Crippen LogP contribution in [0.2, 0.25) is 0 Å². The molecular weight excluding hydrogens is 256 g/mol. The number of piperidine rings is 1. The molecule has 0 unspecified atom stereocenters. The van der Waals surface area contributed by atoms with Gasteiger partial charge in [-0.2, -0.15) is 0 Å². The van der Waals surface area contributed by atoms with Gasteiger partial charge in [0.05, 0.1) is 17.2 Å². The maximum atomic E-state index is 5.85. The van der Waals surface area contributed by atoms with Crippen molar-refractivity contribution < 1.29 is 4.74 Å². The highest BCUT2D eigenvalue weighted by Gasteiger charge is 2.14. The molecule has 0 saturated carbocycles. The van der Waals surface area contributed by atoms with Crippen molar-refractivity contribution in [3.05, 3.63) is 35.7 Å². The van der Waals surface area contributed by atoms with Gasteiger partial charge in [-0.05, 0) is 49.4 Å². The Balaban J connectivity index is 1.63. The lowest BCUT2D eigenvalue weighted by Crippen LogP contribution is -2.30. The molecular formula is C15H18N2OS. The Kier molecular flexibility index (Phi) is 4.10. The average Bonchev–Trinajstić information content (AvgIpc) is 3.01. The van der Waals surface area contributed by atoms with E-state index in [2.05, 4.69) is 21.7 Å². The highest BCUT2D eigenvalue weighted by molar-refractivity contribution is 7.13. The molecule has 0 radical (unpaired) electrons. The molecule has 0 spiro atoms. The predicted octanol–water partition coefficient (Wildman–Crippen LogP) is 3.19. The summed E-state index contributed by atoms with van der Waals surface area (Å²) in [7, 11) is 0. The third kappa shape index (κ3) is 3.33. The maximum Gasteiger partial charge on any atom is 0.213 e. The van der Waals surface area contributed by atoms with Gasteiger partial charge in [0.25, 0.3) is 0 Å². The van der Waals surface area contributed by atoms with Crippen LogP contribution in [0.4, 0.5) is 0 Å². The SMILES string of the molecule is c1cc(OCC2CCNCC2)nc(-c2cccs2)c1. The van der Waals surface area contributed by atoms with E-state index in [1.165, 1.54) is 17.7 Å². The molecule has 0 aromatic carbocycles. The van der Waals surface area contributed by atoms with Crippen molar-refractivity contribution in [2.75, 3.05) is 19.7 Å². The van der Waals surface area contributed by atoms with Crippen LogP contribution in [0.15, 0.2) is 35.7 Å². The Labute approximate surface area is 117 Å². The van der Waals surface area contributed by atoms with Gasteiger partial charge in [0.15, 0.2) is 0 Å². The first kappa shape index (κ1) is 12.6. The maximum absolute atomic E-state index is 5.85. The normalized spacial score (nSPS) is 16.4. The Bertz CT molecular complexity index is 507. The molecule has 1 fully saturated rings. The molecule has 0 bridgehead atoms. The molecule has 3 rings (SSSR count). The molecule has 0 aliphatic carbocycles. The quantitative estimate of drug-likeness (QED) is 0.929. The fraction of sp³-hybridized carbons (Fsp3) is 0.400. The van der Waals surface area contributed by atoms with E-state index in [1.54, 1.807) is 11.3 Å². The van der Waals surface area contributed by atoms with E-state index in [-0.39, 0.29) is 0 Å². The number of pyridine rings is 1. The summed E-state index contributed by atoms with van der Waals surface area (Å²) in [6, 6.07) is 10.1. The van der Waals surface area contributed by atoms with Gasteiger partial charge in [-0.15, -0.1) is 11.3 Å². The third-order valence-corrected chi connectivity index (χ3v) is 4.32. The first-order chi connectivity index (χ1) is 9.42. The van der Waals surface area contributed by atoms with Gasteiger partial charge in [0, 0.05) is 6.07 Å². The summed E-state index contributed by atoms with van der Waals surface area (Å²) >= 11 is 1.70. The lowest BCUT2D eigenvalue weighted by Gasteiger charge is -2.22. The fourth-order valence-electron chi connectivity index (χ4n) is 2.31. The first-order valence-electron chi connectivity index (χ1n) is 6.76. The van der Waals surface area contributed by atoms with Crippen LogP contribution in [0, 0.1) is 5.92 Å². The van der Waals surface area contributed by atoms with E-state index in [4.69, 9.17) is 4.74 Å². The van der Waals surface area contributed by atoms with Crippen LogP contribution in [0.1, 0.15) is 12.8 Å². The standard InChI is InChI=1S/C15H18N2OS/c1-3-13(14-4-2-10-19-14)17-15(5-1)18-11-12-6-8-16-9-7-12/h1-5,10,12,16H,6-9,11H2. The zero-order chi connectivity index (χ0) is 12.9. The molecule has 3 heterocycles. The van der Waals surface area contributed by atoms with Gasteiger partial charge in [0.2, 0.25) is 5.88 Å². The minimum Gasteiger partial charge on any atom is -0.477 e. The van der Waals surface area contributed by atoms with E-state index in [9.17, 15) is 0 Å². The lowest BCUT2D eigenvalue weighted by molar-refractivity contribution is 0.209. The molecule has 1 N–H and O–H groups in total. The molecule has 2 aromatic rings. The molecule has 1 aliphatic heterocycles. The van der Waals surface area contributed by atoms with Crippen molar-refractivity contribution in [3.8, 4) is 16.5 Å². The second-order valence-corrected chi connectivity index (χ2v) is 5.79. The van der Waals surface area contributed by atoms with Crippen LogP contribution >= 0.6 is 11.3 Å². The monoisotopic (exact) mass is 274 g/mol. The van der Waals surface area contributed by atoms with Gasteiger partial charge in [-0.3, -0.25) is 0 Å². The summed E-state index contributed by atoms with van der Waals surface area (Å²) in [5.74, 6) is 1.40. The van der Waals surface area contributed by atoms with Crippen LogP contribution in [0.5, 0.6) is 5.88 Å². The summed E-state index contributed by atoms with van der Waals surface area (Å²) in [5.41, 5.74) is 0.998. The number of aromatic nitrogens is 1.